The molecule has 1 aliphatic carbocycles. The molecule has 9 nitrogen and oxygen atoms in total. The number of benzene rings is 2. The summed E-state index contributed by atoms with van der Waals surface area (Å²) in [6.45, 7) is 0. The highest BCUT2D eigenvalue weighted by atomic mass is 16.5. The second-order valence-corrected chi connectivity index (χ2v) is 8.64. The lowest BCUT2D eigenvalue weighted by molar-refractivity contribution is -0.123. The number of aromatic nitrogens is 2. The molecule has 1 atom stereocenters. The molecule has 2 aromatic carbocycles. The fourth-order valence-corrected chi connectivity index (χ4v) is 4.49. The summed E-state index contributed by atoms with van der Waals surface area (Å²) in [5, 5.41) is 13.0. The van der Waals surface area contributed by atoms with Crippen molar-refractivity contribution in [2.45, 2.75) is 44.2 Å². The van der Waals surface area contributed by atoms with E-state index < -0.39 is 11.9 Å². The number of hydrogen-bond acceptors (Lipinski definition) is 7. The van der Waals surface area contributed by atoms with Crippen LogP contribution < -0.4 is 19.7 Å². The van der Waals surface area contributed by atoms with Gasteiger partial charge in [0.2, 0.25) is 5.91 Å². The maximum Gasteiger partial charge on any atom is 0.279 e. The Morgan fingerprint density at radius 1 is 1.00 bits per heavy atom. The van der Waals surface area contributed by atoms with Crippen LogP contribution in [0.4, 0.5) is 5.69 Å². The van der Waals surface area contributed by atoms with Crippen molar-refractivity contribution < 1.29 is 24.2 Å². The normalized spacial score (nSPS) is 14.5. The number of phenols is 1. The first-order valence-electron chi connectivity index (χ1n) is 11.9. The Labute approximate surface area is 210 Å². The quantitative estimate of drug-likeness (QED) is 0.490. The number of ether oxygens (including phenoxy) is 2. The molecule has 0 aliphatic heterocycles. The van der Waals surface area contributed by atoms with Crippen LogP contribution in [0.15, 0.2) is 61.1 Å². The van der Waals surface area contributed by atoms with Crippen LogP contribution in [-0.2, 0) is 4.79 Å². The highest BCUT2D eigenvalue weighted by molar-refractivity contribution is 6.09. The Kier molecular flexibility index (Phi) is 7.99. The molecular weight excluding hydrogens is 460 g/mol. The highest BCUT2D eigenvalue weighted by Crippen LogP contribution is 2.36. The van der Waals surface area contributed by atoms with Crippen molar-refractivity contribution >= 4 is 17.5 Å². The van der Waals surface area contributed by atoms with E-state index in [2.05, 4.69) is 15.3 Å². The number of anilines is 1. The van der Waals surface area contributed by atoms with Gasteiger partial charge in [0, 0.05) is 30.2 Å². The lowest BCUT2D eigenvalue weighted by atomic mass is 9.94. The second kappa shape index (κ2) is 11.5. The van der Waals surface area contributed by atoms with Crippen molar-refractivity contribution in [3.05, 3.63) is 72.3 Å². The second-order valence-electron chi connectivity index (χ2n) is 8.64. The molecule has 0 radical (unpaired) electrons. The Morgan fingerprint density at radius 2 is 1.72 bits per heavy atom. The van der Waals surface area contributed by atoms with Crippen molar-refractivity contribution in [1.82, 2.24) is 15.3 Å². The predicted octanol–water partition coefficient (Wildman–Crippen LogP) is 4.04. The molecule has 2 amide bonds. The number of carbonyl (C=O) groups excluding carboxylic acids is 2. The van der Waals surface area contributed by atoms with Gasteiger partial charge in [-0.25, -0.2) is 4.98 Å². The van der Waals surface area contributed by atoms with E-state index in [0.29, 0.717) is 22.7 Å². The molecular formula is C27H30N4O5. The zero-order chi connectivity index (χ0) is 25.5. The number of nitrogens with one attached hydrogen (secondary N) is 1. The number of aromatic hydroxyl groups is 1. The van der Waals surface area contributed by atoms with Crippen molar-refractivity contribution in [1.29, 1.82) is 0 Å². The first kappa shape index (κ1) is 25.0. The van der Waals surface area contributed by atoms with Crippen LogP contribution in [0.5, 0.6) is 17.2 Å². The third-order valence-electron chi connectivity index (χ3n) is 6.31. The minimum absolute atomic E-state index is 0.0322. The average Bonchev–Trinajstić information content (AvgIpc) is 2.92. The van der Waals surface area contributed by atoms with E-state index in [1.165, 1.54) is 49.8 Å². The van der Waals surface area contributed by atoms with Crippen LogP contribution >= 0.6 is 0 Å². The fourth-order valence-electron chi connectivity index (χ4n) is 4.49. The molecule has 1 fully saturated rings. The Balaban J connectivity index is 1.84. The van der Waals surface area contributed by atoms with Crippen molar-refractivity contribution in [3.8, 4) is 17.2 Å². The smallest absolute Gasteiger partial charge is 0.279 e. The van der Waals surface area contributed by atoms with Crippen LogP contribution in [0.3, 0.4) is 0 Å². The van der Waals surface area contributed by atoms with E-state index in [-0.39, 0.29) is 23.4 Å². The van der Waals surface area contributed by atoms with Gasteiger partial charge in [0.25, 0.3) is 5.91 Å². The van der Waals surface area contributed by atoms with Gasteiger partial charge in [-0.1, -0.05) is 31.4 Å². The van der Waals surface area contributed by atoms with Gasteiger partial charge < -0.3 is 19.9 Å². The molecule has 1 saturated carbocycles. The van der Waals surface area contributed by atoms with Crippen LogP contribution in [0.25, 0.3) is 0 Å². The van der Waals surface area contributed by atoms with Crippen LogP contribution in [0.2, 0.25) is 0 Å². The van der Waals surface area contributed by atoms with Crippen molar-refractivity contribution in [3.63, 3.8) is 0 Å². The standard InChI is InChI=1S/C27H30N4O5/c1-35-23-13-10-20(16-24(23)36-2)31(27(34)22-17-28-14-15-29-22)25(18-8-11-21(32)12-9-18)26(33)30-19-6-4-3-5-7-19/h8-17,19,25,32H,3-7H2,1-2H3,(H,30,33). The molecule has 1 heterocycles. The third kappa shape index (κ3) is 5.56. The van der Waals surface area contributed by atoms with Gasteiger partial charge in [0.1, 0.15) is 17.5 Å². The summed E-state index contributed by atoms with van der Waals surface area (Å²) in [6, 6.07) is 10.3. The summed E-state index contributed by atoms with van der Waals surface area (Å²) in [6.07, 6.45) is 9.30. The molecule has 0 saturated heterocycles. The van der Waals surface area contributed by atoms with Gasteiger partial charge in [-0.2, -0.15) is 0 Å². The minimum atomic E-state index is -1.04. The third-order valence-corrected chi connectivity index (χ3v) is 6.31. The molecule has 1 unspecified atom stereocenters. The van der Waals surface area contributed by atoms with Crippen LogP contribution in [0, 0.1) is 0 Å². The number of methoxy groups -OCH3 is 2. The summed E-state index contributed by atoms with van der Waals surface area (Å²) in [7, 11) is 3.03. The Hall–Kier alpha value is -4.14. The number of amides is 2. The van der Waals surface area contributed by atoms with Gasteiger partial charge in [0.15, 0.2) is 11.5 Å². The van der Waals surface area contributed by atoms with Gasteiger partial charge in [-0.05, 0) is 42.7 Å². The van der Waals surface area contributed by atoms with Crippen molar-refractivity contribution in [2.75, 3.05) is 19.1 Å². The molecule has 2 N–H and O–H groups in total. The van der Waals surface area contributed by atoms with Gasteiger partial charge in [0.05, 0.1) is 20.4 Å². The van der Waals surface area contributed by atoms with E-state index in [0.717, 1.165) is 32.1 Å². The molecule has 4 rings (SSSR count). The zero-order valence-electron chi connectivity index (χ0n) is 20.4. The van der Waals surface area contributed by atoms with Crippen LogP contribution in [-0.4, -0.2) is 47.2 Å². The maximum absolute atomic E-state index is 13.9. The molecule has 0 bridgehead atoms. The lowest BCUT2D eigenvalue weighted by Gasteiger charge is -2.33. The summed E-state index contributed by atoms with van der Waals surface area (Å²) in [4.78, 5) is 37.4. The monoisotopic (exact) mass is 490 g/mol. The van der Waals surface area contributed by atoms with Crippen molar-refractivity contribution in [2.24, 2.45) is 0 Å². The Bertz CT molecular complexity index is 1180. The summed E-state index contributed by atoms with van der Waals surface area (Å²) >= 11 is 0. The number of nitrogens with zero attached hydrogens (tertiary/aromatic N) is 3. The molecule has 1 aliphatic rings. The molecule has 9 heteroatoms. The van der Waals surface area contributed by atoms with Gasteiger partial charge in [-0.3, -0.25) is 19.5 Å². The zero-order valence-corrected chi connectivity index (χ0v) is 20.4. The topological polar surface area (TPSA) is 114 Å². The minimum Gasteiger partial charge on any atom is -0.508 e. The highest BCUT2D eigenvalue weighted by Gasteiger charge is 2.35. The molecule has 0 spiro atoms. The van der Waals surface area contributed by atoms with E-state index in [1.54, 1.807) is 30.3 Å². The molecule has 3 aromatic rings. The lowest BCUT2D eigenvalue weighted by Crippen LogP contribution is -2.47. The summed E-state index contributed by atoms with van der Waals surface area (Å²) in [5.74, 6) is 0.125. The average molecular weight is 491 g/mol. The van der Waals surface area contributed by atoms with Crippen LogP contribution in [0.1, 0.15) is 54.2 Å². The largest absolute Gasteiger partial charge is 0.508 e. The summed E-state index contributed by atoms with van der Waals surface area (Å²) in [5.41, 5.74) is 1.04. The molecule has 1 aromatic heterocycles. The number of hydrogen-bond donors (Lipinski definition) is 2. The number of carbonyl (C=O) groups is 2. The van der Waals surface area contributed by atoms with E-state index >= 15 is 0 Å². The number of rotatable bonds is 8. The first-order chi connectivity index (χ1) is 17.5. The predicted molar refractivity (Wildman–Crippen MR) is 134 cm³/mol. The van der Waals surface area contributed by atoms with E-state index in [1.807, 2.05) is 0 Å². The number of phenolic OH excluding ortho intramolecular Hbond substituents is 1. The van der Waals surface area contributed by atoms with E-state index in [4.69, 9.17) is 9.47 Å². The fraction of sp³-hybridized carbons (Fsp3) is 0.333. The maximum atomic E-state index is 13.9. The molecule has 36 heavy (non-hydrogen) atoms. The van der Waals surface area contributed by atoms with Gasteiger partial charge in [-0.15, -0.1) is 0 Å². The van der Waals surface area contributed by atoms with E-state index in [9.17, 15) is 14.7 Å². The summed E-state index contributed by atoms with van der Waals surface area (Å²) < 4.78 is 10.8. The Morgan fingerprint density at radius 3 is 2.36 bits per heavy atom. The SMILES string of the molecule is COc1ccc(N(C(=O)c2cnccn2)C(C(=O)NC2CCCCC2)c2ccc(O)cc2)cc1OC. The first-order valence-corrected chi connectivity index (χ1v) is 11.9. The van der Waals surface area contributed by atoms with Gasteiger partial charge >= 0.3 is 0 Å². The molecule has 188 valence electrons.